The van der Waals surface area contributed by atoms with Crippen molar-refractivity contribution >= 4 is 23.4 Å². The Labute approximate surface area is 158 Å². The van der Waals surface area contributed by atoms with Gasteiger partial charge >= 0.3 is 0 Å². The van der Waals surface area contributed by atoms with Gasteiger partial charge < -0.3 is 4.90 Å². The molecule has 0 unspecified atom stereocenters. The second-order valence-corrected chi connectivity index (χ2v) is 7.19. The molecule has 1 heterocycles. The Morgan fingerprint density at radius 2 is 1.81 bits per heavy atom. The van der Waals surface area contributed by atoms with Gasteiger partial charge in [-0.1, -0.05) is 48.2 Å². The number of rotatable bonds is 6. The zero-order chi connectivity index (χ0) is 18.5. The normalized spacial score (nSPS) is 10.9. The van der Waals surface area contributed by atoms with Crippen LogP contribution in [0.1, 0.15) is 19.4 Å². The van der Waals surface area contributed by atoms with Crippen LogP contribution in [-0.4, -0.2) is 32.5 Å². The van der Waals surface area contributed by atoms with E-state index in [2.05, 4.69) is 10.2 Å². The zero-order valence-corrected chi connectivity index (χ0v) is 16.0. The molecule has 0 spiro atoms. The summed E-state index contributed by atoms with van der Waals surface area (Å²) in [6.07, 6.45) is 1.69. The van der Waals surface area contributed by atoms with E-state index in [1.54, 1.807) is 6.33 Å². The fourth-order valence-corrected chi connectivity index (χ4v) is 3.62. The summed E-state index contributed by atoms with van der Waals surface area (Å²) in [7, 11) is 0. The van der Waals surface area contributed by atoms with Crippen LogP contribution in [0.4, 0.5) is 5.69 Å². The quantitative estimate of drug-likeness (QED) is 0.616. The van der Waals surface area contributed by atoms with Crippen LogP contribution < -0.4 is 4.90 Å². The summed E-state index contributed by atoms with van der Waals surface area (Å²) in [4.78, 5) is 14.7. The first kappa shape index (κ1) is 18.2. The lowest BCUT2D eigenvalue weighted by Gasteiger charge is -2.26. The summed E-state index contributed by atoms with van der Waals surface area (Å²) in [6, 6.07) is 17.9. The maximum Gasteiger partial charge on any atom is 0.237 e. The number of hydrogen-bond acceptors (Lipinski definition) is 4. The maximum atomic E-state index is 12.8. The highest BCUT2D eigenvalue weighted by Crippen LogP contribution is 2.24. The van der Waals surface area contributed by atoms with Crippen molar-refractivity contribution in [2.24, 2.45) is 0 Å². The average Bonchev–Trinajstić information content (AvgIpc) is 3.09. The topological polar surface area (TPSA) is 51.0 Å². The van der Waals surface area contributed by atoms with Crippen molar-refractivity contribution in [1.82, 2.24) is 14.8 Å². The summed E-state index contributed by atoms with van der Waals surface area (Å²) in [5, 5.41) is 8.92. The molecule has 2 aromatic carbocycles. The molecule has 26 heavy (non-hydrogen) atoms. The number of benzene rings is 2. The molecule has 5 nitrogen and oxygen atoms in total. The molecule has 3 rings (SSSR count). The monoisotopic (exact) mass is 366 g/mol. The Kier molecular flexibility index (Phi) is 5.73. The molecule has 6 heteroatoms. The van der Waals surface area contributed by atoms with Gasteiger partial charge in [-0.3, -0.25) is 9.36 Å². The van der Waals surface area contributed by atoms with E-state index in [4.69, 9.17) is 0 Å². The first-order valence-corrected chi connectivity index (χ1v) is 9.52. The predicted octanol–water partition coefficient (Wildman–Crippen LogP) is 4.11. The van der Waals surface area contributed by atoms with E-state index in [-0.39, 0.29) is 11.9 Å². The first-order chi connectivity index (χ1) is 12.6. The van der Waals surface area contributed by atoms with Gasteiger partial charge in [0, 0.05) is 11.7 Å². The van der Waals surface area contributed by atoms with E-state index in [1.807, 2.05) is 84.8 Å². The van der Waals surface area contributed by atoms with Crippen LogP contribution in [-0.2, 0) is 4.79 Å². The van der Waals surface area contributed by atoms with Crippen LogP contribution in [0.15, 0.2) is 66.1 Å². The Bertz CT molecular complexity index is 876. The number of nitrogens with zero attached hydrogens (tertiary/aromatic N) is 4. The fourth-order valence-electron chi connectivity index (χ4n) is 2.84. The summed E-state index contributed by atoms with van der Waals surface area (Å²) in [6.45, 7) is 6.08. The molecule has 1 aromatic heterocycles. The van der Waals surface area contributed by atoms with Gasteiger partial charge in [-0.25, -0.2) is 0 Å². The van der Waals surface area contributed by atoms with Gasteiger partial charge in [-0.2, -0.15) is 0 Å². The van der Waals surface area contributed by atoms with Crippen molar-refractivity contribution in [3.63, 3.8) is 0 Å². The number of carbonyl (C=O) groups is 1. The third-order valence-corrected chi connectivity index (χ3v) is 4.96. The third kappa shape index (κ3) is 3.96. The lowest BCUT2D eigenvalue weighted by atomic mass is 10.2. The van der Waals surface area contributed by atoms with Gasteiger partial charge in [0.1, 0.15) is 6.33 Å². The Balaban J connectivity index is 1.76. The van der Waals surface area contributed by atoms with Crippen molar-refractivity contribution in [1.29, 1.82) is 0 Å². The molecule has 0 saturated heterocycles. The molecule has 0 saturated carbocycles. The van der Waals surface area contributed by atoms with E-state index >= 15 is 0 Å². The van der Waals surface area contributed by atoms with Crippen LogP contribution in [0, 0.1) is 6.92 Å². The van der Waals surface area contributed by atoms with Crippen LogP contribution in [0.3, 0.4) is 0 Å². The highest BCUT2D eigenvalue weighted by Gasteiger charge is 2.20. The number of carbonyl (C=O) groups excluding carboxylic acids is 1. The maximum absolute atomic E-state index is 12.8. The molecule has 3 aromatic rings. The highest BCUT2D eigenvalue weighted by molar-refractivity contribution is 7.99. The molecule has 0 fully saturated rings. The fraction of sp³-hybridized carbons (Fsp3) is 0.250. The minimum absolute atomic E-state index is 0.0514. The predicted molar refractivity (Wildman–Crippen MR) is 106 cm³/mol. The lowest BCUT2D eigenvalue weighted by Crippen LogP contribution is -2.38. The summed E-state index contributed by atoms with van der Waals surface area (Å²) < 4.78 is 1.93. The molecular formula is C20H22N4OS. The molecule has 0 atom stereocenters. The van der Waals surface area contributed by atoms with Crippen LogP contribution in [0.25, 0.3) is 5.69 Å². The van der Waals surface area contributed by atoms with E-state index in [9.17, 15) is 4.79 Å². The second-order valence-electron chi connectivity index (χ2n) is 6.25. The van der Waals surface area contributed by atoms with E-state index < -0.39 is 0 Å². The van der Waals surface area contributed by atoms with E-state index in [0.717, 1.165) is 16.9 Å². The van der Waals surface area contributed by atoms with Gasteiger partial charge in [0.05, 0.1) is 11.4 Å². The molecule has 0 aliphatic carbocycles. The number of aryl methyl sites for hydroxylation is 1. The van der Waals surface area contributed by atoms with E-state index in [0.29, 0.717) is 10.9 Å². The standard InChI is InChI=1S/C20H22N4OS/c1-15(2)24(17-10-5-4-6-11-17)19(25)13-26-20-22-21-14-23(20)18-12-8-7-9-16(18)3/h4-12,14-15H,13H2,1-3H3. The van der Waals surface area contributed by atoms with Crippen molar-refractivity contribution < 1.29 is 4.79 Å². The van der Waals surface area contributed by atoms with Gasteiger partial charge in [-0.15, -0.1) is 10.2 Å². The van der Waals surface area contributed by atoms with Gasteiger partial charge in [-0.05, 0) is 44.5 Å². The number of para-hydroxylation sites is 2. The number of hydrogen-bond donors (Lipinski definition) is 0. The first-order valence-electron chi connectivity index (χ1n) is 8.54. The molecule has 0 aliphatic heterocycles. The van der Waals surface area contributed by atoms with Crippen molar-refractivity contribution in [3.8, 4) is 5.69 Å². The summed E-state index contributed by atoms with van der Waals surface area (Å²) in [5.74, 6) is 0.355. The number of thioether (sulfide) groups is 1. The van der Waals surface area contributed by atoms with Gasteiger partial charge in [0.25, 0.3) is 0 Å². The molecule has 0 radical (unpaired) electrons. The number of anilines is 1. The number of aromatic nitrogens is 3. The smallest absolute Gasteiger partial charge is 0.237 e. The van der Waals surface area contributed by atoms with Gasteiger partial charge in [0.2, 0.25) is 5.91 Å². The lowest BCUT2D eigenvalue weighted by molar-refractivity contribution is -0.116. The summed E-state index contributed by atoms with van der Waals surface area (Å²) in [5.41, 5.74) is 3.07. The molecule has 1 amide bonds. The van der Waals surface area contributed by atoms with Crippen LogP contribution >= 0.6 is 11.8 Å². The Morgan fingerprint density at radius 1 is 1.12 bits per heavy atom. The Hall–Kier alpha value is -2.60. The van der Waals surface area contributed by atoms with Gasteiger partial charge in [0.15, 0.2) is 5.16 Å². The van der Waals surface area contributed by atoms with Crippen molar-refractivity contribution in [2.45, 2.75) is 32.0 Å². The third-order valence-electron chi connectivity index (χ3n) is 4.04. The molecule has 0 aliphatic rings. The average molecular weight is 366 g/mol. The zero-order valence-electron chi connectivity index (χ0n) is 15.2. The SMILES string of the molecule is Cc1ccccc1-n1cnnc1SCC(=O)N(c1ccccc1)C(C)C. The van der Waals surface area contributed by atoms with Crippen LogP contribution in [0.2, 0.25) is 0 Å². The number of amides is 1. The molecule has 134 valence electrons. The minimum atomic E-state index is 0.0514. The second kappa shape index (κ2) is 8.19. The van der Waals surface area contributed by atoms with Crippen molar-refractivity contribution in [3.05, 3.63) is 66.5 Å². The molecule has 0 bridgehead atoms. The highest BCUT2D eigenvalue weighted by atomic mass is 32.2. The summed E-state index contributed by atoms with van der Waals surface area (Å²) >= 11 is 1.40. The minimum Gasteiger partial charge on any atom is -0.309 e. The van der Waals surface area contributed by atoms with Crippen molar-refractivity contribution in [2.75, 3.05) is 10.7 Å². The van der Waals surface area contributed by atoms with E-state index in [1.165, 1.54) is 11.8 Å². The largest absolute Gasteiger partial charge is 0.309 e. The van der Waals surface area contributed by atoms with Crippen LogP contribution in [0.5, 0.6) is 0 Å². The molecular weight excluding hydrogens is 344 g/mol. The Morgan fingerprint density at radius 3 is 2.50 bits per heavy atom. The molecule has 0 N–H and O–H groups in total.